The van der Waals surface area contributed by atoms with Crippen LogP contribution in [0.3, 0.4) is 0 Å². The normalized spacial score (nSPS) is 12.0. The van der Waals surface area contributed by atoms with Crippen LogP contribution in [0, 0.1) is 0 Å². The first-order chi connectivity index (χ1) is 6.38. The van der Waals surface area contributed by atoms with Crippen LogP contribution in [0.1, 0.15) is 5.82 Å². The molecule has 14 heavy (non-hydrogen) atoms. The lowest BCUT2D eigenvalue weighted by Gasteiger charge is -2.05. The van der Waals surface area contributed by atoms with Gasteiger partial charge in [0, 0.05) is 7.05 Å². The maximum Gasteiger partial charge on any atom is 0.401 e. The summed E-state index contributed by atoms with van der Waals surface area (Å²) in [5.74, 6) is 0.419. The van der Waals surface area contributed by atoms with Gasteiger partial charge in [-0.15, -0.1) is 0 Å². The van der Waals surface area contributed by atoms with Gasteiger partial charge < -0.3 is 11.1 Å². The zero-order chi connectivity index (χ0) is 10.8. The van der Waals surface area contributed by atoms with Gasteiger partial charge in [0.2, 0.25) is 5.95 Å². The average molecular weight is 209 g/mol. The fraction of sp³-hybridized carbons (Fsp3) is 0.667. The van der Waals surface area contributed by atoms with Crippen LogP contribution in [-0.2, 0) is 13.6 Å². The highest BCUT2D eigenvalue weighted by Gasteiger charge is 2.26. The van der Waals surface area contributed by atoms with Gasteiger partial charge in [0.1, 0.15) is 0 Å². The molecule has 1 aromatic heterocycles. The quantitative estimate of drug-likeness (QED) is 0.738. The van der Waals surface area contributed by atoms with Crippen LogP contribution < -0.4 is 11.1 Å². The van der Waals surface area contributed by atoms with Crippen LogP contribution in [0.25, 0.3) is 0 Å². The van der Waals surface area contributed by atoms with Crippen molar-refractivity contribution in [1.29, 1.82) is 0 Å². The molecule has 0 aliphatic carbocycles. The topological polar surface area (TPSA) is 68.8 Å². The third-order valence-corrected chi connectivity index (χ3v) is 1.45. The molecule has 0 bridgehead atoms. The highest BCUT2D eigenvalue weighted by Crippen LogP contribution is 2.12. The van der Waals surface area contributed by atoms with Crippen molar-refractivity contribution in [1.82, 2.24) is 20.1 Å². The number of nitrogen functional groups attached to an aromatic ring is 1. The molecule has 80 valence electrons. The van der Waals surface area contributed by atoms with E-state index in [1.54, 1.807) is 7.05 Å². The van der Waals surface area contributed by atoms with E-state index in [4.69, 9.17) is 5.73 Å². The molecule has 0 spiro atoms. The molecule has 0 saturated heterocycles. The van der Waals surface area contributed by atoms with E-state index in [-0.39, 0.29) is 18.3 Å². The number of aryl methyl sites for hydroxylation is 1. The Balaban J connectivity index is 2.39. The Morgan fingerprint density at radius 2 is 2.14 bits per heavy atom. The van der Waals surface area contributed by atoms with Crippen molar-refractivity contribution in [3.63, 3.8) is 0 Å². The van der Waals surface area contributed by atoms with Gasteiger partial charge >= 0.3 is 6.18 Å². The van der Waals surface area contributed by atoms with Crippen molar-refractivity contribution in [2.45, 2.75) is 12.7 Å². The number of hydrogen-bond donors (Lipinski definition) is 2. The van der Waals surface area contributed by atoms with E-state index in [0.717, 1.165) is 0 Å². The Labute approximate surface area is 78.1 Å². The first-order valence-corrected chi connectivity index (χ1v) is 3.81. The second-order valence-electron chi connectivity index (χ2n) is 2.73. The Morgan fingerprint density at radius 3 is 2.57 bits per heavy atom. The van der Waals surface area contributed by atoms with Gasteiger partial charge in [0.05, 0.1) is 13.1 Å². The van der Waals surface area contributed by atoms with Crippen LogP contribution in [0.15, 0.2) is 0 Å². The molecule has 0 aliphatic rings. The second-order valence-corrected chi connectivity index (χ2v) is 2.73. The molecular formula is C6H10F3N5. The maximum atomic E-state index is 11.7. The summed E-state index contributed by atoms with van der Waals surface area (Å²) in [6, 6.07) is 0. The summed E-state index contributed by atoms with van der Waals surface area (Å²) in [5, 5.41) is 5.94. The smallest absolute Gasteiger partial charge is 0.368 e. The lowest BCUT2D eigenvalue weighted by atomic mass is 10.5. The Bertz CT molecular complexity index is 285. The average Bonchev–Trinajstić information content (AvgIpc) is 2.28. The van der Waals surface area contributed by atoms with Crippen molar-refractivity contribution in [3.8, 4) is 0 Å². The highest BCUT2D eigenvalue weighted by atomic mass is 19.4. The molecule has 8 heteroatoms. The summed E-state index contributed by atoms with van der Waals surface area (Å²) in [5.41, 5.74) is 5.34. The van der Waals surface area contributed by atoms with E-state index >= 15 is 0 Å². The molecule has 0 aliphatic heterocycles. The van der Waals surface area contributed by atoms with E-state index < -0.39 is 12.7 Å². The molecule has 0 fully saturated rings. The predicted molar refractivity (Wildman–Crippen MR) is 43.2 cm³/mol. The van der Waals surface area contributed by atoms with E-state index in [2.05, 4.69) is 15.4 Å². The minimum Gasteiger partial charge on any atom is -0.368 e. The number of anilines is 1. The van der Waals surface area contributed by atoms with Crippen LogP contribution in [0.4, 0.5) is 19.1 Å². The summed E-state index contributed by atoms with van der Waals surface area (Å²) < 4.78 is 36.4. The fourth-order valence-corrected chi connectivity index (χ4v) is 0.842. The maximum absolute atomic E-state index is 11.7. The zero-order valence-corrected chi connectivity index (χ0v) is 7.47. The third-order valence-electron chi connectivity index (χ3n) is 1.45. The van der Waals surface area contributed by atoms with Gasteiger partial charge in [-0.1, -0.05) is 0 Å². The van der Waals surface area contributed by atoms with Gasteiger partial charge in [-0.25, -0.2) is 4.68 Å². The molecule has 1 heterocycles. The molecule has 1 rings (SSSR count). The summed E-state index contributed by atoms with van der Waals surface area (Å²) in [7, 11) is 1.57. The number of nitrogens with one attached hydrogen (secondary N) is 1. The predicted octanol–water partition coefficient (Wildman–Crippen LogP) is 0.0492. The molecule has 0 aromatic carbocycles. The molecule has 0 atom stereocenters. The zero-order valence-electron chi connectivity index (χ0n) is 7.47. The first kappa shape index (κ1) is 10.8. The van der Waals surface area contributed by atoms with Gasteiger partial charge in [0.15, 0.2) is 5.82 Å². The number of alkyl halides is 3. The summed E-state index contributed by atoms with van der Waals surface area (Å²) in [4.78, 5) is 3.73. The third kappa shape index (κ3) is 3.21. The van der Waals surface area contributed by atoms with Gasteiger partial charge in [-0.05, 0) is 0 Å². The largest absolute Gasteiger partial charge is 0.401 e. The first-order valence-electron chi connectivity index (χ1n) is 3.81. The minimum atomic E-state index is -4.22. The van der Waals surface area contributed by atoms with Gasteiger partial charge in [-0.3, -0.25) is 0 Å². The SMILES string of the molecule is Cn1nc(CNCC(F)(F)F)nc1N. The van der Waals surface area contributed by atoms with E-state index in [1.165, 1.54) is 4.68 Å². The molecule has 1 aromatic rings. The highest BCUT2D eigenvalue weighted by molar-refractivity contribution is 5.15. The Kier molecular flexibility index (Phi) is 2.94. The number of nitrogens with two attached hydrogens (primary N) is 1. The van der Waals surface area contributed by atoms with Gasteiger partial charge in [-0.2, -0.15) is 23.3 Å². The fourth-order valence-electron chi connectivity index (χ4n) is 0.842. The number of nitrogens with zero attached hydrogens (tertiary/aromatic N) is 3. The molecule has 0 radical (unpaired) electrons. The summed E-state index contributed by atoms with van der Waals surface area (Å²) in [6.07, 6.45) is -4.22. The molecule has 5 nitrogen and oxygen atoms in total. The number of rotatable bonds is 3. The van der Waals surface area contributed by atoms with Crippen molar-refractivity contribution in [2.24, 2.45) is 7.05 Å². The number of aromatic nitrogens is 3. The van der Waals surface area contributed by atoms with Crippen LogP contribution >= 0.6 is 0 Å². The monoisotopic (exact) mass is 209 g/mol. The Morgan fingerprint density at radius 1 is 1.50 bits per heavy atom. The molecule has 3 N–H and O–H groups in total. The van der Waals surface area contributed by atoms with E-state index in [1.807, 2.05) is 0 Å². The summed E-state index contributed by atoms with van der Waals surface area (Å²) >= 11 is 0. The number of hydrogen-bond acceptors (Lipinski definition) is 4. The van der Waals surface area contributed by atoms with E-state index in [0.29, 0.717) is 0 Å². The van der Waals surface area contributed by atoms with Crippen LogP contribution in [0.2, 0.25) is 0 Å². The second kappa shape index (κ2) is 3.82. The van der Waals surface area contributed by atoms with E-state index in [9.17, 15) is 13.2 Å². The van der Waals surface area contributed by atoms with Crippen molar-refractivity contribution < 1.29 is 13.2 Å². The standard InChI is InChI=1S/C6H10F3N5/c1-14-5(10)12-4(13-14)2-11-3-6(7,8)9/h11H,2-3H2,1H3,(H2,10,12,13). The van der Waals surface area contributed by atoms with Crippen molar-refractivity contribution >= 4 is 5.95 Å². The lowest BCUT2D eigenvalue weighted by molar-refractivity contribution is -0.125. The molecule has 0 saturated carbocycles. The Hall–Kier alpha value is -1.31. The van der Waals surface area contributed by atoms with Crippen LogP contribution in [0.5, 0.6) is 0 Å². The molecular weight excluding hydrogens is 199 g/mol. The molecule has 0 amide bonds. The lowest BCUT2D eigenvalue weighted by Crippen LogP contribution is -2.28. The summed E-state index contributed by atoms with van der Waals surface area (Å²) in [6.45, 7) is -1.12. The molecule has 0 unspecified atom stereocenters. The minimum absolute atomic E-state index is 0.0510. The van der Waals surface area contributed by atoms with Gasteiger partial charge in [0.25, 0.3) is 0 Å². The van der Waals surface area contributed by atoms with Crippen LogP contribution in [-0.4, -0.2) is 27.5 Å². The number of halogens is 3. The van der Waals surface area contributed by atoms with Crippen molar-refractivity contribution in [2.75, 3.05) is 12.3 Å². The van der Waals surface area contributed by atoms with Crippen molar-refractivity contribution in [3.05, 3.63) is 5.82 Å².